The minimum absolute atomic E-state index is 0.114. The average Bonchev–Trinajstić information content (AvgIpc) is 2.86. The lowest BCUT2D eigenvalue weighted by molar-refractivity contribution is 0.0563. The zero-order valence-corrected chi connectivity index (χ0v) is 10.8. The van der Waals surface area contributed by atoms with Crippen LogP contribution in [0.1, 0.15) is 40.3 Å². The second kappa shape index (κ2) is 5.08. The van der Waals surface area contributed by atoms with E-state index in [1.54, 1.807) is 6.07 Å². The number of ether oxygens (including phenoxy) is 1. The number of esters is 1. The maximum Gasteiger partial charge on any atom is 0.373 e. The van der Waals surface area contributed by atoms with Crippen molar-refractivity contribution in [2.24, 2.45) is 0 Å². The fraction of sp³-hybridized carbons (Fsp3) is 0.267. The van der Waals surface area contributed by atoms with E-state index in [-0.39, 0.29) is 11.7 Å². The van der Waals surface area contributed by atoms with E-state index in [1.165, 1.54) is 18.2 Å². The Morgan fingerprint density at radius 3 is 2.72 bits per heavy atom. The number of hydrogen-bond acceptors (Lipinski definition) is 3. The first kappa shape index (κ1) is 12.4. The molecule has 2 aromatic rings. The fourth-order valence-corrected chi connectivity index (χ4v) is 1.90. The quantitative estimate of drug-likeness (QED) is 0.775. The van der Waals surface area contributed by atoms with Crippen LogP contribution in [0.5, 0.6) is 0 Å². The summed E-state index contributed by atoms with van der Waals surface area (Å²) in [5.74, 6) is 0.675. The number of carbonyl (C=O) groups excluding carboxylic acids is 1. The van der Waals surface area contributed by atoms with Gasteiger partial charge in [-0.15, -0.1) is 0 Å². The number of aryl methyl sites for hydroxylation is 1. The summed E-state index contributed by atoms with van der Waals surface area (Å²) in [6.45, 7) is 4.10. The van der Waals surface area contributed by atoms with Crippen molar-refractivity contribution in [2.75, 3.05) is 7.11 Å². The van der Waals surface area contributed by atoms with Crippen LogP contribution in [0.15, 0.2) is 40.8 Å². The molecule has 1 atom stereocenters. The number of furan rings is 1. The lowest BCUT2D eigenvalue weighted by Crippen LogP contribution is -1.99. The van der Waals surface area contributed by atoms with E-state index < -0.39 is 5.97 Å². The number of benzene rings is 1. The lowest BCUT2D eigenvalue weighted by atomic mass is 9.97. The molecule has 0 aliphatic carbocycles. The van der Waals surface area contributed by atoms with Crippen molar-refractivity contribution < 1.29 is 13.9 Å². The zero-order valence-electron chi connectivity index (χ0n) is 10.8. The molecule has 2 rings (SSSR count). The fourth-order valence-electron chi connectivity index (χ4n) is 1.90. The van der Waals surface area contributed by atoms with Gasteiger partial charge < -0.3 is 9.15 Å². The Morgan fingerprint density at radius 2 is 2.06 bits per heavy atom. The van der Waals surface area contributed by atoms with Crippen molar-refractivity contribution in [3.05, 3.63) is 59.0 Å². The summed E-state index contributed by atoms with van der Waals surface area (Å²) < 4.78 is 10.1. The van der Waals surface area contributed by atoms with E-state index in [9.17, 15) is 4.79 Å². The minimum atomic E-state index is -0.447. The van der Waals surface area contributed by atoms with Gasteiger partial charge in [0, 0.05) is 5.92 Å². The Labute approximate surface area is 106 Å². The third-order valence-electron chi connectivity index (χ3n) is 2.98. The summed E-state index contributed by atoms with van der Waals surface area (Å²) in [5, 5.41) is 0. The van der Waals surface area contributed by atoms with Crippen LogP contribution < -0.4 is 0 Å². The van der Waals surface area contributed by atoms with Crippen molar-refractivity contribution in [1.82, 2.24) is 0 Å². The molecule has 1 heterocycles. The van der Waals surface area contributed by atoms with E-state index in [4.69, 9.17) is 4.42 Å². The number of hydrogen-bond donors (Lipinski definition) is 0. The highest BCUT2D eigenvalue weighted by atomic mass is 16.5. The smallest absolute Gasteiger partial charge is 0.373 e. The summed E-state index contributed by atoms with van der Waals surface area (Å²) in [7, 11) is 1.34. The standard InChI is InChI=1S/C15H16O3/c1-10-5-4-6-12(9-10)11(2)13-7-8-14(18-13)15(16)17-3/h4-9,11H,1-3H3. The molecule has 0 aliphatic heterocycles. The largest absolute Gasteiger partial charge is 0.463 e. The van der Waals surface area contributed by atoms with Gasteiger partial charge in [0.15, 0.2) is 0 Å². The molecular formula is C15H16O3. The van der Waals surface area contributed by atoms with Gasteiger partial charge in [-0.25, -0.2) is 4.79 Å². The topological polar surface area (TPSA) is 39.4 Å². The Balaban J connectivity index is 2.26. The first-order valence-corrected chi connectivity index (χ1v) is 5.86. The van der Waals surface area contributed by atoms with Crippen LogP contribution in [0, 0.1) is 6.92 Å². The van der Waals surface area contributed by atoms with Gasteiger partial charge >= 0.3 is 5.97 Å². The van der Waals surface area contributed by atoms with Gasteiger partial charge in [-0.3, -0.25) is 0 Å². The highest BCUT2D eigenvalue weighted by Crippen LogP contribution is 2.26. The maximum atomic E-state index is 11.3. The predicted octanol–water partition coefficient (Wildman–Crippen LogP) is 3.53. The second-order valence-electron chi connectivity index (χ2n) is 4.33. The maximum absolute atomic E-state index is 11.3. The van der Waals surface area contributed by atoms with Gasteiger partial charge in [0.05, 0.1) is 7.11 Å². The molecule has 0 fully saturated rings. The molecule has 0 saturated carbocycles. The van der Waals surface area contributed by atoms with Gasteiger partial charge in [-0.1, -0.05) is 36.8 Å². The molecule has 1 aromatic carbocycles. The van der Waals surface area contributed by atoms with Crippen molar-refractivity contribution in [3.63, 3.8) is 0 Å². The molecule has 0 amide bonds. The Kier molecular flexibility index (Phi) is 3.51. The lowest BCUT2D eigenvalue weighted by Gasteiger charge is -2.09. The van der Waals surface area contributed by atoms with Gasteiger partial charge in [0.1, 0.15) is 5.76 Å². The summed E-state index contributed by atoms with van der Waals surface area (Å²) in [4.78, 5) is 11.3. The highest BCUT2D eigenvalue weighted by Gasteiger charge is 2.16. The molecule has 1 unspecified atom stereocenters. The van der Waals surface area contributed by atoms with E-state index in [2.05, 4.69) is 36.8 Å². The molecule has 0 radical (unpaired) electrons. The molecular weight excluding hydrogens is 228 g/mol. The van der Waals surface area contributed by atoms with Crippen molar-refractivity contribution >= 4 is 5.97 Å². The van der Waals surface area contributed by atoms with E-state index in [0.29, 0.717) is 0 Å². The number of carbonyl (C=O) groups is 1. The molecule has 0 aliphatic rings. The molecule has 3 nitrogen and oxygen atoms in total. The summed E-state index contributed by atoms with van der Waals surface area (Å²) in [5.41, 5.74) is 2.37. The van der Waals surface area contributed by atoms with E-state index in [0.717, 1.165) is 5.76 Å². The van der Waals surface area contributed by atoms with Crippen LogP contribution in [-0.2, 0) is 4.74 Å². The van der Waals surface area contributed by atoms with Gasteiger partial charge in [-0.05, 0) is 24.6 Å². The zero-order chi connectivity index (χ0) is 13.1. The molecule has 1 aromatic heterocycles. The third kappa shape index (κ3) is 2.45. The third-order valence-corrected chi connectivity index (χ3v) is 2.98. The van der Waals surface area contributed by atoms with Crippen LogP contribution in [0.3, 0.4) is 0 Å². The summed E-state index contributed by atoms with van der Waals surface area (Å²) in [6, 6.07) is 11.7. The molecule has 0 bridgehead atoms. The Hall–Kier alpha value is -2.03. The van der Waals surface area contributed by atoms with Crippen LogP contribution in [0.4, 0.5) is 0 Å². The van der Waals surface area contributed by atoms with E-state index >= 15 is 0 Å². The molecule has 94 valence electrons. The minimum Gasteiger partial charge on any atom is -0.463 e. The Bertz CT molecular complexity index is 554. The van der Waals surface area contributed by atoms with Crippen LogP contribution >= 0.6 is 0 Å². The van der Waals surface area contributed by atoms with Gasteiger partial charge in [0.25, 0.3) is 0 Å². The molecule has 0 N–H and O–H groups in total. The van der Waals surface area contributed by atoms with Crippen molar-refractivity contribution in [3.8, 4) is 0 Å². The first-order valence-electron chi connectivity index (χ1n) is 5.86. The van der Waals surface area contributed by atoms with Crippen LogP contribution in [0.25, 0.3) is 0 Å². The molecule has 3 heteroatoms. The van der Waals surface area contributed by atoms with Gasteiger partial charge in [0.2, 0.25) is 5.76 Å². The monoisotopic (exact) mass is 244 g/mol. The van der Waals surface area contributed by atoms with Crippen molar-refractivity contribution in [1.29, 1.82) is 0 Å². The van der Waals surface area contributed by atoms with Gasteiger partial charge in [-0.2, -0.15) is 0 Å². The molecule has 0 saturated heterocycles. The van der Waals surface area contributed by atoms with E-state index in [1.807, 2.05) is 12.1 Å². The summed E-state index contributed by atoms with van der Waals surface area (Å²) >= 11 is 0. The predicted molar refractivity (Wildman–Crippen MR) is 68.7 cm³/mol. The summed E-state index contributed by atoms with van der Waals surface area (Å²) in [6.07, 6.45) is 0. The van der Waals surface area contributed by atoms with Crippen LogP contribution in [-0.4, -0.2) is 13.1 Å². The highest BCUT2D eigenvalue weighted by molar-refractivity contribution is 5.86. The average molecular weight is 244 g/mol. The normalized spacial score (nSPS) is 12.2. The number of rotatable bonds is 3. The second-order valence-corrected chi connectivity index (χ2v) is 4.33. The first-order chi connectivity index (χ1) is 8.61. The van der Waals surface area contributed by atoms with Crippen molar-refractivity contribution in [2.45, 2.75) is 19.8 Å². The Morgan fingerprint density at radius 1 is 1.28 bits per heavy atom. The number of methoxy groups -OCH3 is 1. The van der Waals surface area contributed by atoms with Crippen LogP contribution in [0.2, 0.25) is 0 Å². The SMILES string of the molecule is COC(=O)c1ccc(C(C)c2cccc(C)c2)o1. The molecule has 18 heavy (non-hydrogen) atoms. The molecule has 0 spiro atoms.